The van der Waals surface area contributed by atoms with Crippen LogP contribution in [0.3, 0.4) is 0 Å². The summed E-state index contributed by atoms with van der Waals surface area (Å²) < 4.78 is 6.89. The molecule has 7 heteroatoms. The lowest BCUT2D eigenvalue weighted by molar-refractivity contribution is -0.116. The minimum atomic E-state index is -0.189. The summed E-state index contributed by atoms with van der Waals surface area (Å²) in [7, 11) is 1.59. The average Bonchev–Trinajstić information content (AvgIpc) is 3.03. The number of nitrogens with zero attached hydrogens (tertiary/aromatic N) is 2. The Morgan fingerprint density at radius 1 is 1.14 bits per heavy atom. The maximum atomic E-state index is 12.6. The quantitative estimate of drug-likeness (QED) is 0.617. The Hall–Kier alpha value is -3.35. The van der Waals surface area contributed by atoms with Crippen LogP contribution in [-0.2, 0) is 4.79 Å². The highest BCUT2D eigenvalue weighted by molar-refractivity contribution is 5.95. The van der Waals surface area contributed by atoms with Crippen molar-refractivity contribution in [3.05, 3.63) is 59.5 Å². The van der Waals surface area contributed by atoms with Crippen molar-refractivity contribution in [1.82, 2.24) is 14.7 Å². The molecule has 2 aromatic heterocycles. The predicted molar refractivity (Wildman–Crippen MR) is 108 cm³/mol. The van der Waals surface area contributed by atoms with E-state index in [1.807, 2.05) is 32.2 Å². The monoisotopic (exact) mass is 380 g/mol. The first kappa shape index (κ1) is 19.4. The normalized spacial score (nSPS) is 10.7. The van der Waals surface area contributed by atoms with Crippen LogP contribution < -0.4 is 15.4 Å². The van der Waals surface area contributed by atoms with Crippen molar-refractivity contribution in [3.63, 3.8) is 0 Å². The van der Waals surface area contributed by atoms with Crippen LogP contribution in [0.4, 0.5) is 5.69 Å². The van der Waals surface area contributed by atoms with E-state index in [9.17, 15) is 9.59 Å². The SMILES string of the molecule is COc1ccc(NC(=O)CCCNC(=O)c2c(C)nc3c(C)cccn23)cc1. The Bertz CT molecular complexity index is 993. The summed E-state index contributed by atoms with van der Waals surface area (Å²) in [5.41, 5.74) is 3.72. The zero-order chi connectivity index (χ0) is 20.1. The van der Waals surface area contributed by atoms with Crippen molar-refractivity contribution in [2.75, 3.05) is 19.0 Å². The highest BCUT2D eigenvalue weighted by atomic mass is 16.5. The van der Waals surface area contributed by atoms with Crippen LogP contribution in [0.1, 0.15) is 34.6 Å². The predicted octanol–water partition coefficient (Wildman–Crippen LogP) is 3.11. The summed E-state index contributed by atoms with van der Waals surface area (Å²) in [6, 6.07) is 11.0. The summed E-state index contributed by atoms with van der Waals surface area (Å²) in [5, 5.41) is 5.70. The summed E-state index contributed by atoms with van der Waals surface area (Å²) in [5.74, 6) is 0.450. The molecule has 2 heterocycles. The van der Waals surface area contributed by atoms with Gasteiger partial charge < -0.3 is 15.4 Å². The number of hydrogen-bond acceptors (Lipinski definition) is 4. The molecule has 0 saturated carbocycles. The van der Waals surface area contributed by atoms with E-state index in [0.29, 0.717) is 36.5 Å². The van der Waals surface area contributed by atoms with Gasteiger partial charge in [0.05, 0.1) is 12.8 Å². The number of pyridine rings is 1. The molecule has 1 aromatic carbocycles. The van der Waals surface area contributed by atoms with Gasteiger partial charge >= 0.3 is 0 Å². The molecular formula is C21H24N4O3. The maximum absolute atomic E-state index is 12.6. The third kappa shape index (κ3) is 4.31. The molecule has 0 aliphatic carbocycles. The molecule has 0 fully saturated rings. The third-order valence-electron chi connectivity index (χ3n) is 4.47. The molecule has 0 aliphatic rings. The van der Waals surface area contributed by atoms with Crippen molar-refractivity contribution in [2.24, 2.45) is 0 Å². The van der Waals surface area contributed by atoms with Crippen LogP contribution in [0.5, 0.6) is 5.75 Å². The Balaban J connectivity index is 1.50. The van der Waals surface area contributed by atoms with E-state index in [4.69, 9.17) is 4.74 Å². The van der Waals surface area contributed by atoms with E-state index in [2.05, 4.69) is 15.6 Å². The molecule has 0 spiro atoms. The number of nitrogens with one attached hydrogen (secondary N) is 2. The largest absolute Gasteiger partial charge is 0.497 e. The fraction of sp³-hybridized carbons (Fsp3) is 0.286. The van der Waals surface area contributed by atoms with Gasteiger partial charge in [-0.25, -0.2) is 4.98 Å². The summed E-state index contributed by atoms with van der Waals surface area (Å²) in [6.07, 6.45) is 2.69. The first-order valence-corrected chi connectivity index (χ1v) is 9.16. The molecule has 2 N–H and O–H groups in total. The topological polar surface area (TPSA) is 84.7 Å². The van der Waals surface area contributed by atoms with Gasteiger partial charge in [0.1, 0.15) is 17.1 Å². The van der Waals surface area contributed by atoms with E-state index in [-0.39, 0.29) is 11.8 Å². The van der Waals surface area contributed by atoms with E-state index >= 15 is 0 Å². The van der Waals surface area contributed by atoms with Gasteiger partial charge in [-0.2, -0.15) is 0 Å². The second-order valence-corrected chi connectivity index (χ2v) is 6.57. The van der Waals surface area contributed by atoms with Gasteiger partial charge in [0.2, 0.25) is 5.91 Å². The van der Waals surface area contributed by atoms with Crippen molar-refractivity contribution in [2.45, 2.75) is 26.7 Å². The number of imidazole rings is 1. The molecule has 146 valence electrons. The number of fused-ring (bicyclic) bond motifs is 1. The Morgan fingerprint density at radius 3 is 2.61 bits per heavy atom. The van der Waals surface area contributed by atoms with E-state index in [0.717, 1.165) is 17.0 Å². The van der Waals surface area contributed by atoms with Gasteiger partial charge in [0, 0.05) is 24.8 Å². The number of carbonyl (C=O) groups excluding carboxylic acids is 2. The number of aromatic nitrogens is 2. The number of carbonyl (C=O) groups is 2. The maximum Gasteiger partial charge on any atom is 0.270 e. The lowest BCUT2D eigenvalue weighted by Crippen LogP contribution is -2.27. The summed E-state index contributed by atoms with van der Waals surface area (Å²) >= 11 is 0. The van der Waals surface area contributed by atoms with Gasteiger partial charge in [-0.1, -0.05) is 6.07 Å². The molecule has 3 rings (SSSR count). The van der Waals surface area contributed by atoms with Crippen LogP contribution in [0.15, 0.2) is 42.6 Å². The van der Waals surface area contributed by atoms with Crippen LogP contribution in [0.2, 0.25) is 0 Å². The highest BCUT2D eigenvalue weighted by Gasteiger charge is 2.17. The molecule has 0 saturated heterocycles. The standard InChI is InChI=1S/C21H24N4O3/c1-14-6-5-13-25-19(15(2)23-20(14)25)21(27)22-12-4-7-18(26)24-16-8-10-17(28-3)11-9-16/h5-6,8-11,13H,4,7,12H2,1-3H3,(H,22,27)(H,24,26). The minimum absolute atomic E-state index is 0.0963. The van der Waals surface area contributed by atoms with E-state index in [1.54, 1.807) is 35.8 Å². The van der Waals surface area contributed by atoms with E-state index < -0.39 is 0 Å². The second kappa shape index (κ2) is 8.56. The fourth-order valence-corrected chi connectivity index (χ4v) is 3.02. The molecule has 0 atom stereocenters. The molecule has 7 nitrogen and oxygen atoms in total. The Morgan fingerprint density at radius 2 is 1.89 bits per heavy atom. The summed E-state index contributed by atoms with van der Waals surface area (Å²) in [4.78, 5) is 29.1. The zero-order valence-electron chi connectivity index (χ0n) is 16.3. The van der Waals surface area contributed by atoms with Crippen molar-refractivity contribution in [3.8, 4) is 5.75 Å². The molecule has 0 radical (unpaired) electrons. The minimum Gasteiger partial charge on any atom is -0.497 e. The number of amides is 2. The van der Waals surface area contributed by atoms with Gasteiger partial charge in [0.15, 0.2) is 0 Å². The number of aryl methyl sites for hydroxylation is 2. The highest BCUT2D eigenvalue weighted by Crippen LogP contribution is 2.16. The van der Waals surface area contributed by atoms with Gasteiger partial charge in [-0.15, -0.1) is 0 Å². The van der Waals surface area contributed by atoms with Crippen molar-refractivity contribution in [1.29, 1.82) is 0 Å². The molecule has 0 unspecified atom stereocenters. The van der Waals surface area contributed by atoms with Gasteiger partial charge in [-0.3, -0.25) is 14.0 Å². The number of hydrogen-bond donors (Lipinski definition) is 2. The van der Waals surface area contributed by atoms with Crippen LogP contribution >= 0.6 is 0 Å². The fourth-order valence-electron chi connectivity index (χ4n) is 3.02. The molecule has 2 amide bonds. The number of ether oxygens (including phenoxy) is 1. The Kier molecular flexibility index (Phi) is 5.93. The van der Waals surface area contributed by atoms with Crippen LogP contribution in [0.25, 0.3) is 5.65 Å². The van der Waals surface area contributed by atoms with Crippen LogP contribution in [0, 0.1) is 13.8 Å². The second-order valence-electron chi connectivity index (χ2n) is 6.57. The lowest BCUT2D eigenvalue weighted by Gasteiger charge is -2.08. The average molecular weight is 380 g/mol. The number of rotatable bonds is 7. The van der Waals surface area contributed by atoms with Crippen molar-refractivity contribution >= 4 is 23.1 Å². The molecule has 3 aromatic rings. The smallest absolute Gasteiger partial charge is 0.270 e. The lowest BCUT2D eigenvalue weighted by atomic mass is 10.2. The molecule has 28 heavy (non-hydrogen) atoms. The molecular weight excluding hydrogens is 356 g/mol. The number of anilines is 1. The van der Waals surface area contributed by atoms with Crippen molar-refractivity contribution < 1.29 is 14.3 Å². The number of methoxy groups -OCH3 is 1. The zero-order valence-corrected chi connectivity index (χ0v) is 16.3. The molecule has 0 bridgehead atoms. The summed E-state index contributed by atoms with van der Waals surface area (Å²) in [6.45, 7) is 4.20. The molecule has 0 aliphatic heterocycles. The van der Waals surface area contributed by atoms with Crippen LogP contribution in [-0.4, -0.2) is 34.9 Å². The first-order chi connectivity index (χ1) is 13.5. The van der Waals surface area contributed by atoms with Gasteiger partial charge in [-0.05, 0) is 56.2 Å². The van der Waals surface area contributed by atoms with E-state index in [1.165, 1.54) is 0 Å². The number of benzene rings is 1. The Labute approximate surface area is 163 Å². The van der Waals surface area contributed by atoms with Gasteiger partial charge in [0.25, 0.3) is 5.91 Å². The third-order valence-corrected chi connectivity index (χ3v) is 4.47. The first-order valence-electron chi connectivity index (χ1n) is 9.16.